The van der Waals surface area contributed by atoms with Gasteiger partial charge in [0.15, 0.2) is 0 Å². The second-order valence-electron chi connectivity index (χ2n) is 18.9. The van der Waals surface area contributed by atoms with Gasteiger partial charge >= 0.3 is 5.97 Å². The first-order valence-electron chi connectivity index (χ1n) is 27.6. The Balaban J connectivity index is 3.46. The molecule has 0 bridgehead atoms. The zero-order chi connectivity index (χ0) is 45.1. The summed E-state index contributed by atoms with van der Waals surface area (Å²) >= 11 is 0. The monoisotopic (exact) mass is 874 g/mol. The Morgan fingerprint density at radius 3 is 1.26 bits per heavy atom. The van der Waals surface area contributed by atoms with Crippen molar-refractivity contribution in [3.05, 3.63) is 24.3 Å². The number of aliphatic hydroxyl groups is 2. The fourth-order valence-electron chi connectivity index (χ4n) is 8.49. The van der Waals surface area contributed by atoms with E-state index in [-0.39, 0.29) is 18.5 Å². The number of ether oxygens (including phenoxy) is 1. The van der Waals surface area contributed by atoms with Gasteiger partial charge in [-0.15, -0.1) is 0 Å². The minimum absolute atomic E-state index is 0.0222. The van der Waals surface area contributed by atoms with Gasteiger partial charge in [0, 0.05) is 12.8 Å². The number of carbonyl (C=O) groups is 2. The van der Waals surface area contributed by atoms with E-state index in [1.165, 1.54) is 199 Å². The van der Waals surface area contributed by atoms with Gasteiger partial charge in [-0.3, -0.25) is 9.59 Å². The lowest BCUT2D eigenvalue weighted by atomic mass is 10.0. The minimum Gasteiger partial charge on any atom is -0.466 e. The normalized spacial score (nSPS) is 12.8. The minimum atomic E-state index is -0.679. The van der Waals surface area contributed by atoms with Crippen molar-refractivity contribution in [2.24, 2.45) is 0 Å². The lowest BCUT2D eigenvalue weighted by Crippen LogP contribution is -2.45. The van der Waals surface area contributed by atoms with Gasteiger partial charge in [-0.25, -0.2) is 0 Å². The third kappa shape index (κ3) is 47.8. The topological polar surface area (TPSA) is 95.9 Å². The maximum atomic E-state index is 12.5. The number of hydrogen-bond acceptors (Lipinski definition) is 5. The molecule has 0 aliphatic carbocycles. The molecule has 0 fully saturated rings. The van der Waals surface area contributed by atoms with E-state index in [1.54, 1.807) is 0 Å². The van der Waals surface area contributed by atoms with Gasteiger partial charge in [0.25, 0.3) is 0 Å². The number of nitrogens with one attached hydrogen (secondary N) is 1. The third-order valence-electron chi connectivity index (χ3n) is 12.8. The summed E-state index contributed by atoms with van der Waals surface area (Å²) in [7, 11) is 0. The van der Waals surface area contributed by atoms with Crippen LogP contribution in [0.1, 0.15) is 296 Å². The van der Waals surface area contributed by atoms with Crippen molar-refractivity contribution in [3.8, 4) is 0 Å². The lowest BCUT2D eigenvalue weighted by Gasteiger charge is -2.22. The molecule has 0 spiro atoms. The SMILES string of the molecule is CCCCC/C=C\C/C=C\CCCCCCCCCCCC(=O)OCCCCCCCCCCCCC(=O)NC(CO)C(O)CCCCCCCCCCCCCCCCCC. The molecule has 0 aliphatic rings. The summed E-state index contributed by atoms with van der Waals surface area (Å²) in [5.74, 6) is -0.0787. The number of allylic oxidation sites excluding steroid dienone is 4. The van der Waals surface area contributed by atoms with E-state index in [4.69, 9.17) is 4.74 Å². The van der Waals surface area contributed by atoms with Gasteiger partial charge in [0.1, 0.15) is 0 Å². The third-order valence-corrected chi connectivity index (χ3v) is 12.8. The number of unbranched alkanes of at least 4 members (excludes halogenated alkanes) is 36. The van der Waals surface area contributed by atoms with E-state index in [2.05, 4.69) is 43.5 Å². The van der Waals surface area contributed by atoms with E-state index >= 15 is 0 Å². The Morgan fingerprint density at radius 2 is 0.806 bits per heavy atom. The van der Waals surface area contributed by atoms with E-state index in [0.29, 0.717) is 25.9 Å². The second-order valence-corrected chi connectivity index (χ2v) is 18.9. The van der Waals surface area contributed by atoms with Crippen molar-refractivity contribution in [2.45, 2.75) is 309 Å². The van der Waals surface area contributed by atoms with E-state index in [9.17, 15) is 19.8 Å². The summed E-state index contributed by atoms with van der Waals surface area (Å²) in [6.07, 6.45) is 61.5. The molecule has 0 saturated carbocycles. The Hall–Kier alpha value is -1.66. The van der Waals surface area contributed by atoms with Crippen LogP contribution in [0.5, 0.6) is 0 Å². The molecule has 0 radical (unpaired) electrons. The molecule has 6 nitrogen and oxygen atoms in total. The van der Waals surface area contributed by atoms with E-state index in [1.807, 2.05) is 0 Å². The molecular formula is C56H107NO5. The molecule has 0 aliphatic heterocycles. The Kier molecular flexibility index (Phi) is 50.6. The summed E-state index contributed by atoms with van der Waals surface area (Å²) in [4.78, 5) is 24.5. The zero-order valence-corrected chi connectivity index (χ0v) is 41.6. The molecule has 0 aromatic heterocycles. The fraction of sp³-hybridized carbons (Fsp3) is 0.893. The molecule has 0 aromatic rings. The van der Waals surface area contributed by atoms with Crippen molar-refractivity contribution in [3.63, 3.8) is 0 Å². The summed E-state index contributed by atoms with van der Waals surface area (Å²) < 4.78 is 5.47. The van der Waals surface area contributed by atoms with Crippen molar-refractivity contribution in [1.82, 2.24) is 5.32 Å². The predicted molar refractivity (Wildman–Crippen MR) is 269 cm³/mol. The summed E-state index contributed by atoms with van der Waals surface area (Å²) in [6.45, 7) is 4.89. The van der Waals surface area contributed by atoms with Gasteiger partial charge in [-0.2, -0.15) is 0 Å². The number of hydrogen-bond donors (Lipinski definition) is 3. The van der Waals surface area contributed by atoms with Gasteiger partial charge in [0.05, 0.1) is 25.4 Å². The molecular weight excluding hydrogens is 767 g/mol. The molecule has 0 aromatic carbocycles. The maximum Gasteiger partial charge on any atom is 0.305 e. The summed E-state index contributed by atoms with van der Waals surface area (Å²) in [5.41, 5.74) is 0. The molecule has 6 heteroatoms. The number of amides is 1. The molecule has 0 rings (SSSR count). The molecule has 62 heavy (non-hydrogen) atoms. The summed E-state index contributed by atoms with van der Waals surface area (Å²) in [6, 6.07) is -0.558. The van der Waals surface area contributed by atoms with Gasteiger partial charge < -0.3 is 20.3 Å². The van der Waals surface area contributed by atoms with Crippen molar-refractivity contribution in [2.75, 3.05) is 13.2 Å². The Labute approximate surface area is 386 Å². The number of carbonyl (C=O) groups excluding carboxylic acids is 2. The number of esters is 1. The first kappa shape index (κ1) is 60.3. The first-order chi connectivity index (χ1) is 30.5. The molecule has 1 amide bonds. The highest BCUT2D eigenvalue weighted by atomic mass is 16.5. The maximum absolute atomic E-state index is 12.5. The molecule has 0 heterocycles. The zero-order valence-electron chi connectivity index (χ0n) is 41.6. The smallest absolute Gasteiger partial charge is 0.305 e. The standard InChI is InChI=1S/C56H107NO5/c1-3-5-7-9-11-13-15-17-19-21-22-23-25-27-29-34-38-42-46-50-56(61)62-51-47-43-39-35-31-30-33-37-41-45-49-55(60)57-53(52-58)54(59)48-44-40-36-32-28-26-24-20-18-16-14-12-10-8-6-4-2/h11,13,17,19,53-54,58-59H,3-10,12,14-16,18,20-52H2,1-2H3,(H,57,60)/b13-11-,19-17-. The van der Waals surface area contributed by atoms with Crippen LogP contribution in [0.15, 0.2) is 24.3 Å². The van der Waals surface area contributed by atoms with E-state index < -0.39 is 12.1 Å². The quantitative estimate of drug-likeness (QED) is 0.0321. The van der Waals surface area contributed by atoms with Crippen molar-refractivity contribution < 1.29 is 24.5 Å². The molecule has 2 unspecified atom stereocenters. The van der Waals surface area contributed by atoms with Crippen molar-refractivity contribution in [1.29, 1.82) is 0 Å². The fourth-order valence-corrected chi connectivity index (χ4v) is 8.49. The largest absolute Gasteiger partial charge is 0.466 e. The highest BCUT2D eigenvalue weighted by Gasteiger charge is 2.20. The van der Waals surface area contributed by atoms with Crippen LogP contribution in [0.3, 0.4) is 0 Å². The molecule has 3 N–H and O–H groups in total. The highest BCUT2D eigenvalue weighted by molar-refractivity contribution is 5.76. The molecule has 2 atom stereocenters. The van der Waals surface area contributed by atoms with Crippen molar-refractivity contribution >= 4 is 11.9 Å². The van der Waals surface area contributed by atoms with Gasteiger partial charge in [-0.05, 0) is 57.8 Å². The Morgan fingerprint density at radius 1 is 0.452 bits per heavy atom. The van der Waals surface area contributed by atoms with Gasteiger partial charge in [0.2, 0.25) is 5.91 Å². The predicted octanol–water partition coefficient (Wildman–Crippen LogP) is 16.7. The highest BCUT2D eigenvalue weighted by Crippen LogP contribution is 2.17. The Bertz CT molecular complexity index is 966. The van der Waals surface area contributed by atoms with Crippen LogP contribution in [-0.2, 0) is 14.3 Å². The average Bonchev–Trinajstić information content (AvgIpc) is 3.27. The van der Waals surface area contributed by atoms with Crippen LogP contribution >= 0.6 is 0 Å². The molecule has 366 valence electrons. The summed E-state index contributed by atoms with van der Waals surface area (Å²) in [5, 5.41) is 23.2. The number of aliphatic hydroxyl groups excluding tert-OH is 2. The second kappa shape index (κ2) is 52.0. The van der Waals surface area contributed by atoms with Crippen LogP contribution in [0.25, 0.3) is 0 Å². The van der Waals surface area contributed by atoms with Crippen LogP contribution in [0.2, 0.25) is 0 Å². The van der Waals surface area contributed by atoms with Gasteiger partial charge in [-0.1, -0.05) is 250 Å². The van der Waals surface area contributed by atoms with E-state index in [0.717, 1.165) is 64.2 Å². The van der Waals surface area contributed by atoms with Crippen LogP contribution in [0, 0.1) is 0 Å². The first-order valence-corrected chi connectivity index (χ1v) is 27.6. The van der Waals surface area contributed by atoms with Crippen LogP contribution in [-0.4, -0.2) is 47.4 Å². The van der Waals surface area contributed by atoms with Crippen LogP contribution < -0.4 is 5.32 Å². The van der Waals surface area contributed by atoms with Crippen LogP contribution in [0.4, 0.5) is 0 Å². The lowest BCUT2D eigenvalue weighted by molar-refractivity contribution is -0.143. The number of rotatable bonds is 51. The molecule has 0 saturated heterocycles. The average molecular weight is 874 g/mol.